The lowest BCUT2D eigenvalue weighted by Crippen LogP contribution is -2.50. The summed E-state index contributed by atoms with van der Waals surface area (Å²) in [7, 11) is 0. The molecular weight excluding hydrogens is 240 g/mol. The molecule has 2 saturated heterocycles. The Hall–Kier alpha value is -1.39. The summed E-state index contributed by atoms with van der Waals surface area (Å²) in [6, 6.07) is 9.93. The van der Waals surface area contributed by atoms with Gasteiger partial charge in [-0.05, 0) is 31.5 Å². The van der Waals surface area contributed by atoms with Crippen LogP contribution < -0.4 is 5.32 Å². The highest BCUT2D eigenvalue weighted by Crippen LogP contribution is 2.22. The molecule has 2 atom stereocenters. The zero-order valence-electron chi connectivity index (χ0n) is 11.0. The summed E-state index contributed by atoms with van der Waals surface area (Å²) in [5, 5.41) is 2.96. The minimum Gasteiger partial charge on any atom is -0.373 e. The van der Waals surface area contributed by atoms with Crippen molar-refractivity contribution in [2.24, 2.45) is 0 Å². The summed E-state index contributed by atoms with van der Waals surface area (Å²) in [4.78, 5) is 14.4. The number of rotatable bonds is 3. The van der Waals surface area contributed by atoms with Crippen LogP contribution in [0.1, 0.15) is 23.2 Å². The third-order valence-corrected chi connectivity index (χ3v) is 3.99. The number of nitrogens with one attached hydrogen (secondary N) is 1. The molecule has 2 fully saturated rings. The first-order chi connectivity index (χ1) is 9.33. The van der Waals surface area contributed by atoms with Gasteiger partial charge in [-0.25, -0.2) is 0 Å². The maximum absolute atomic E-state index is 11.9. The molecule has 1 amide bonds. The fourth-order valence-corrected chi connectivity index (χ4v) is 2.91. The summed E-state index contributed by atoms with van der Waals surface area (Å²) in [5.74, 6) is -0.0206. The monoisotopic (exact) mass is 260 g/mol. The van der Waals surface area contributed by atoms with E-state index < -0.39 is 0 Å². The Morgan fingerprint density at radius 3 is 3.05 bits per heavy atom. The molecule has 1 N–H and O–H groups in total. The van der Waals surface area contributed by atoms with Gasteiger partial charge in [-0.1, -0.05) is 18.2 Å². The Morgan fingerprint density at radius 1 is 1.37 bits per heavy atom. The minimum absolute atomic E-state index is 0.0206. The van der Waals surface area contributed by atoms with E-state index in [2.05, 4.69) is 10.2 Å². The van der Waals surface area contributed by atoms with E-state index in [1.807, 2.05) is 30.3 Å². The van der Waals surface area contributed by atoms with E-state index in [9.17, 15) is 4.79 Å². The van der Waals surface area contributed by atoms with Crippen molar-refractivity contribution in [3.63, 3.8) is 0 Å². The second kappa shape index (κ2) is 5.72. The SMILES string of the molecule is O=C(NC[C@@H]1CN2CCC[C@H]2CO1)c1ccccc1. The molecule has 2 aliphatic rings. The lowest BCUT2D eigenvalue weighted by Gasteiger charge is -2.35. The van der Waals surface area contributed by atoms with Crippen LogP contribution in [0.5, 0.6) is 0 Å². The van der Waals surface area contributed by atoms with Crippen molar-refractivity contribution >= 4 is 5.91 Å². The summed E-state index contributed by atoms with van der Waals surface area (Å²) in [6.07, 6.45) is 2.65. The zero-order chi connectivity index (χ0) is 13.1. The van der Waals surface area contributed by atoms with E-state index in [-0.39, 0.29) is 12.0 Å². The predicted octanol–water partition coefficient (Wildman–Crippen LogP) is 1.28. The van der Waals surface area contributed by atoms with Gasteiger partial charge >= 0.3 is 0 Å². The van der Waals surface area contributed by atoms with Crippen LogP contribution >= 0.6 is 0 Å². The summed E-state index contributed by atoms with van der Waals surface area (Å²) >= 11 is 0. The van der Waals surface area contributed by atoms with E-state index in [0.29, 0.717) is 18.2 Å². The molecule has 1 aromatic carbocycles. The Bertz CT molecular complexity index is 435. The molecule has 0 aliphatic carbocycles. The van der Waals surface area contributed by atoms with Crippen LogP contribution in [-0.4, -0.2) is 49.2 Å². The molecule has 0 aromatic heterocycles. The normalized spacial score (nSPS) is 26.9. The van der Waals surface area contributed by atoms with Crippen LogP contribution in [0.3, 0.4) is 0 Å². The van der Waals surface area contributed by atoms with E-state index in [1.165, 1.54) is 19.4 Å². The van der Waals surface area contributed by atoms with Gasteiger partial charge in [0.25, 0.3) is 5.91 Å². The molecule has 4 nitrogen and oxygen atoms in total. The molecule has 0 bridgehead atoms. The molecule has 0 spiro atoms. The molecule has 3 rings (SSSR count). The first-order valence-corrected chi connectivity index (χ1v) is 7.02. The quantitative estimate of drug-likeness (QED) is 0.890. The number of fused-ring (bicyclic) bond motifs is 1. The number of morpholine rings is 1. The number of carbonyl (C=O) groups is 1. The largest absolute Gasteiger partial charge is 0.373 e. The molecule has 0 unspecified atom stereocenters. The molecule has 0 saturated carbocycles. The second-order valence-electron chi connectivity index (χ2n) is 5.32. The van der Waals surface area contributed by atoms with Crippen LogP contribution in [0, 0.1) is 0 Å². The minimum atomic E-state index is -0.0206. The van der Waals surface area contributed by atoms with E-state index in [0.717, 1.165) is 13.2 Å². The summed E-state index contributed by atoms with van der Waals surface area (Å²) < 4.78 is 5.82. The van der Waals surface area contributed by atoms with E-state index >= 15 is 0 Å². The Balaban J connectivity index is 1.49. The summed E-state index contributed by atoms with van der Waals surface area (Å²) in [6.45, 7) is 3.53. The lowest BCUT2D eigenvalue weighted by molar-refractivity contribution is -0.0461. The fraction of sp³-hybridized carbons (Fsp3) is 0.533. The number of ether oxygens (including phenoxy) is 1. The van der Waals surface area contributed by atoms with Crippen molar-refractivity contribution < 1.29 is 9.53 Å². The van der Waals surface area contributed by atoms with Gasteiger partial charge in [0, 0.05) is 24.7 Å². The van der Waals surface area contributed by atoms with E-state index in [1.54, 1.807) is 0 Å². The third-order valence-electron chi connectivity index (χ3n) is 3.99. The molecular formula is C15H20N2O2. The number of hydrogen-bond acceptors (Lipinski definition) is 3. The van der Waals surface area contributed by atoms with Crippen LogP contribution in [0.4, 0.5) is 0 Å². The van der Waals surface area contributed by atoms with Gasteiger partial charge in [-0.15, -0.1) is 0 Å². The first-order valence-electron chi connectivity index (χ1n) is 7.02. The molecule has 102 valence electrons. The van der Waals surface area contributed by atoms with Gasteiger partial charge in [0.1, 0.15) is 0 Å². The number of hydrogen-bond donors (Lipinski definition) is 1. The number of benzene rings is 1. The highest BCUT2D eigenvalue weighted by Gasteiger charge is 2.32. The molecule has 2 aliphatic heterocycles. The fourth-order valence-electron chi connectivity index (χ4n) is 2.91. The second-order valence-corrected chi connectivity index (χ2v) is 5.32. The molecule has 1 aromatic rings. The van der Waals surface area contributed by atoms with Crippen molar-refractivity contribution in [3.8, 4) is 0 Å². The summed E-state index contributed by atoms with van der Waals surface area (Å²) in [5.41, 5.74) is 0.706. The smallest absolute Gasteiger partial charge is 0.251 e. The Kier molecular flexibility index (Phi) is 3.80. The average Bonchev–Trinajstić information content (AvgIpc) is 2.93. The van der Waals surface area contributed by atoms with Crippen LogP contribution in [0.2, 0.25) is 0 Å². The first kappa shape index (κ1) is 12.6. The lowest BCUT2D eigenvalue weighted by atomic mass is 10.2. The van der Waals surface area contributed by atoms with Gasteiger partial charge in [-0.3, -0.25) is 9.69 Å². The van der Waals surface area contributed by atoms with Gasteiger partial charge < -0.3 is 10.1 Å². The highest BCUT2D eigenvalue weighted by molar-refractivity contribution is 5.94. The third kappa shape index (κ3) is 2.96. The number of amides is 1. The highest BCUT2D eigenvalue weighted by atomic mass is 16.5. The maximum atomic E-state index is 11.9. The molecule has 4 heteroatoms. The van der Waals surface area contributed by atoms with E-state index in [4.69, 9.17) is 4.74 Å². The Labute approximate surface area is 113 Å². The Morgan fingerprint density at radius 2 is 2.21 bits per heavy atom. The average molecular weight is 260 g/mol. The molecule has 19 heavy (non-hydrogen) atoms. The van der Waals surface area contributed by atoms with Crippen molar-refractivity contribution in [1.29, 1.82) is 0 Å². The van der Waals surface area contributed by atoms with Gasteiger partial charge in [0.2, 0.25) is 0 Å². The van der Waals surface area contributed by atoms with Gasteiger partial charge in [0.15, 0.2) is 0 Å². The topological polar surface area (TPSA) is 41.6 Å². The van der Waals surface area contributed by atoms with Gasteiger partial charge in [0.05, 0.1) is 12.7 Å². The number of carbonyl (C=O) groups excluding carboxylic acids is 1. The van der Waals surface area contributed by atoms with Crippen LogP contribution in [0.25, 0.3) is 0 Å². The van der Waals surface area contributed by atoms with Crippen molar-refractivity contribution in [2.45, 2.75) is 25.0 Å². The molecule has 0 radical (unpaired) electrons. The predicted molar refractivity (Wildman–Crippen MR) is 73.1 cm³/mol. The standard InChI is InChI=1S/C15H20N2O2/c18-15(12-5-2-1-3-6-12)16-9-14-10-17-8-4-7-13(17)11-19-14/h1-3,5-6,13-14H,4,7-11H2,(H,16,18)/t13-,14+/m0/s1. The van der Waals surface area contributed by atoms with Crippen LogP contribution in [0.15, 0.2) is 30.3 Å². The van der Waals surface area contributed by atoms with Crippen molar-refractivity contribution in [3.05, 3.63) is 35.9 Å². The molecule has 2 heterocycles. The maximum Gasteiger partial charge on any atom is 0.251 e. The van der Waals surface area contributed by atoms with Gasteiger partial charge in [-0.2, -0.15) is 0 Å². The van der Waals surface area contributed by atoms with Crippen LogP contribution in [-0.2, 0) is 4.74 Å². The van der Waals surface area contributed by atoms with Crippen molar-refractivity contribution in [1.82, 2.24) is 10.2 Å². The van der Waals surface area contributed by atoms with Crippen molar-refractivity contribution in [2.75, 3.05) is 26.2 Å². The zero-order valence-corrected chi connectivity index (χ0v) is 11.0. The number of nitrogens with zero attached hydrogens (tertiary/aromatic N) is 1.